The summed E-state index contributed by atoms with van der Waals surface area (Å²) in [7, 11) is 0. The van der Waals surface area contributed by atoms with E-state index in [1.165, 1.54) is 5.98 Å². The molecule has 3 heteroatoms. The van der Waals surface area contributed by atoms with Crippen LogP contribution < -0.4 is 0 Å². The van der Waals surface area contributed by atoms with E-state index in [0.717, 1.165) is 0 Å². The van der Waals surface area contributed by atoms with Gasteiger partial charge in [-0.25, -0.2) is 0 Å². The molecule has 0 amide bonds. The molecule has 0 unspecified atom stereocenters. The normalized spacial score (nSPS) is 6.80. The van der Waals surface area contributed by atoms with Crippen molar-refractivity contribution in [1.82, 2.24) is 0 Å². The zero-order valence-corrected chi connectivity index (χ0v) is 3.44. The summed E-state index contributed by atoms with van der Waals surface area (Å²) in [4.78, 5) is 0. The van der Waals surface area contributed by atoms with Gasteiger partial charge in [0.2, 0.25) is 0 Å². The molecule has 0 aliphatic rings. The van der Waals surface area contributed by atoms with Crippen LogP contribution in [0.15, 0.2) is 12.6 Å². The molecule has 0 bridgehead atoms. The standard InChI is InChI=1S/C2H4BClO/c1-2-3(4)5/h2,5H,1H2. The van der Waals surface area contributed by atoms with Crippen LogP contribution in [0.5, 0.6) is 0 Å². The molecule has 0 saturated heterocycles. The first-order chi connectivity index (χ1) is 2.27. The highest BCUT2D eigenvalue weighted by Gasteiger charge is 1.91. The van der Waals surface area contributed by atoms with E-state index in [1.54, 1.807) is 0 Å². The lowest BCUT2D eigenvalue weighted by molar-refractivity contribution is 0.606. The molecule has 28 valence electrons. The van der Waals surface area contributed by atoms with Crippen molar-refractivity contribution < 1.29 is 5.02 Å². The molecular weight excluding hydrogens is 86.3 g/mol. The summed E-state index contributed by atoms with van der Waals surface area (Å²) in [6.07, 6.45) is -0.880. The fourth-order valence-electron chi connectivity index (χ4n) is 0. The topological polar surface area (TPSA) is 20.2 Å². The van der Waals surface area contributed by atoms with Crippen molar-refractivity contribution in [2.45, 2.75) is 0 Å². The minimum Gasteiger partial charge on any atom is -0.434 e. The van der Waals surface area contributed by atoms with Crippen LogP contribution in [0.4, 0.5) is 0 Å². The Morgan fingerprint density at radius 3 is 2.20 bits per heavy atom. The van der Waals surface area contributed by atoms with Gasteiger partial charge in [-0.2, -0.15) is 0 Å². The molecule has 0 rings (SSSR count). The maximum Gasteiger partial charge on any atom is 0.423 e. The second-order valence-corrected chi connectivity index (χ2v) is 1.06. The maximum atomic E-state index is 8.01. The summed E-state index contributed by atoms with van der Waals surface area (Å²) in [5.41, 5.74) is 0. The molecule has 1 N–H and O–H groups in total. The SMILES string of the molecule is C=CB(O)Cl. The second kappa shape index (κ2) is 2.30. The van der Waals surface area contributed by atoms with Gasteiger partial charge in [-0.3, -0.25) is 0 Å². The van der Waals surface area contributed by atoms with Gasteiger partial charge >= 0.3 is 6.33 Å². The van der Waals surface area contributed by atoms with Crippen LogP contribution in [0.3, 0.4) is 0 Å². The lowest BCUT2D eigenvalue weighted by atomic mass is 10.0. The summed E-state index contributed by atoms with van der Waals surface area (Å²) < 4.78 is 0. The summed E-state index contributed by atoms with van der Waals surface area (Å²) >= 11 is 4.90. The maximum absolute atomic E-state index is 8.01. The van der Waals surface area contributed by atoms with E-state index < -0.39 is 6.33 Å². The molecular formula is C2H4BClO. The minimum atomic E-state index is -0.880. The molecule has 0 heterocycles. The molecule has 5 heavy (non-hydrogen) atoms. The highest BCUT2D eigenvalue weighted by molar-refractivity contribution is 7.05. The summed E-state index contributed by atoms with van der Waals surface area (Å²) in [6, 6.07) is 0. The van der Waals surface area contributed by atoms with Crippen LogP contribution in [-0.2, 0) is 0 Å². The van der Waals surface area contributed by atoms with Crippen molar-refractivity contribution in [3.8, 4) is 0 Å². The van der Waals surface area contributed by atoms with Gasteiger partial charge in [-0.15, -0.1) is 18.0 Å². The van der Waals surface area contributed by atoms with Gasteiger partial charge in [0.25, 0.3) is 0 Å². The molecule has 0 aromatic carbocycles. The first-order valence-corrected chi connectivity index (χ1v) is 1.65. The zero-order valence-electron chi connectivity index (χ0n) is 2.69. The molecule has 0 aromatic heterocycles. The smallest absolute Gasteiger partial charge is 0.423 e. The van der Waals surface area contributed by atoms with Crippen LogP contribution >= 0.6 is 11.5 Å². The van der Waals surface area contributed by atoms with Gasteiger partial charge in [0, 0.05) is 0 Å². The fraction of sp³-hybridized carbons (Fsp3) is 0. The lowest BCUT2D eigenvalue weighted by Gasteiger charge is -1.73. The molecule has 0 fully saturated rings. The number of hydrogen-bond acceptors (Lipinski definition) is 1. The highest BCUT2D eigenvalue weighted by atomic mass is 35.5. The first-order valence-electron chi connectivity index (χ1n) is 1.22. The molecule has 0 atom stereocenters. The van der Waals surface area contributed by atoms with Crippen LogP contribution in [0.1, 0.15) is 0 Å². The zero-order chi connectivity index (χ0) is 4.28. The molecule has 0 aliphatic heterocycles. The Hall–Kier alpha value is 0.0549. The predicted octanol–water partition coefficient (Wildman–Crippen LogP) is 0.431. The van der Waals surface area contributed by atoms with E-state index in [2.05, 4.69) is 6.58 Å². The predicted molar refractivity (Wildman–Crippen MR) is 24.0 cm³/mol. The highest BCUT2D eigenvalue weighted by Crippen LogP contribution is 1.78. The van der Waals surface area contributed by atoms with Crippen LogP contribution in [0.2, 0.25) is 0 Å². The monoisotopic (exact) mass is 90.0 g/mol. The Bertz CT molecular complexity index is 36.6. The summed E-state index contributed by atoms with van der Waals surface area (Å²) in [5, 5.41) is 8.01. The number of halogens is 1. The average Bonchev–Trinajstić information content (AvgIpc) is 1.38. The average molecular weight is 90.3 g/mol. The Morgan fingerprint density at radius 2 is 2.20 bits per heavy atom. The minimum absolute atomic E-state index is 0.880. The van der Waals surface area contributed by atoms with E-state index in [4.69, 9.17) is 16.5 Å². The van der Waals surface area contributed by atoms with Gasteiger partial charge in [-0.05, 0) is 0 Å². The molecule has 0 radical (unpaired) electrons. The van der Waals surface area contributed by atoms with Gasteiger partial charge in [0.05, 0.1) is 0 Å². The Morgan fingerprint density at radius 1 is 2.00 bits per heavy atom. The Labute approximate surface area is 36.3 Å². The van der Waals surface area contributed by atoms with Gasteiger partial charge in [-0.1, -0.05) is 5.98 Å². The van der Waals surface area contributed by atoms with E-state index in [9.17, 15) is 0 Å². The largest absolute Gasteiger partial charge is 0.434 e. The van der Waals surface area contributed by atoms with Crippen molar-refractivity contribution >= 4 is 17.8 Å². The Kier molecular flexibility index (Phi) is 2.33. The van der Waals surface area contributed by atoms with Crippen molar-refractivity contribution in [1.29, 1.82) is 0 Å². The van der Waals surface area contributed by atoms with Crippen molar-refractivity contribution in [3.63, 3.8) is 0 Å². The summed E-state index contributed by atoms with van der Waals surface area (Å²) in [5.74, 6) is 1.24. The van der Waals surface area contributed by atoms with Crippen LogP contribution in [0, 0.1) is 0 Å². The molecule has 0 saturated carbocycles. The third kappa shape index (κ3) is 4.05. The Balaban J connectivity index is 2.83. The van der Waals surface area contributed by atoms with Gasteiger partial charge < -0.3 is 5.02 Å². The number of rotatable bonds is 1. The van der Waals surface area contributed by atoms with E-state index >= 15 is 0 Å². The summed E-state index contributed by atoms with van der Waals surface area (Å²) in [6.45, 7) is 3.18. The van der Waals surface area contributed by atoms with E-state index in [0.29, 0.717) is 0 Å². The van der Waals surface area contributed by atoms with Crippen molar-refractivity contribution in [2.75, 3.05) is 0 Å². The molecule has 0 spiro atoms. The molecule has 1 nitrogen and oxygen atoms in total. The first kappa shape index (κ1) is 5.05. The van der Waals surface area contributed by atoms with Crippen molar-refractivity contribution in [2.24, 2.45) is 0 Å². The van der Waals surface area contributed by atoms with Crippen LogP contribution in [-0.4, -0.2) is 11.4 Å². The number of hydrogen-bond donors (Lipinski definition) is 1. The third-order valence-electron chi connectivity index (χ3n) is 0.194. The van der Waals surface area contributed by atoms with E-state index in [1.807, 2.05) is 0 Å². The fourth-order valence-corrected chi connectivity index (χ4v) is 0. The quantitative estimate of drug-likeness (QED) is 0.463. The second-order valence-electron chi connectivity index (χ2n) is 0.608. The molecule has 0 aromatic rings. The van der Waals surface area contributed by atoms with Gasteiger partial charge in [0.1, 0.15) is 0 Å². The lowest BCUT2D eigenvalue weighted by Crippen LogP contribution is -1.92. The molecule has 0 aliphatic carbocycles. The third-order valence-corrected chi connectivity index (χ3v) is 0.373. The van der Waals surface area contributed by atoms with Crippen LogP contribution in [0.25, 0.3) is 0 Å². The van der Waals surface area contributed by atoms with Crippen molar-refractivity contribution in [3.05, 3.63) is 12.6 Å². The van der Waals surface area contributed by atoms with E-state index in [-0.39, 0.29) is 0 Å². The van der Waals surface area contributed by atoms with Gasteiger partial charge in [0.15, 0.2) is 0 Å².